The standard InChI is InChI=1S/C13H16BrN3O/c1-9-8-10(5-6-11(9)14)13-17-16-12(18-13)4-3-7-15-2/h5-6,8,15H,3-4,7H2,1-2H3. The Labute approximate surface area is 115 Å². The minimum absolute atomic E-state index is 0.588. The predicted octanol–water partition coefficient (Wildman–Crippen LogP) is 2.96. The first-order chi connectivity index (χ1) is 8.70. The average Bonchev–Trinajstić information content (AvgIpc) is 2.82. The Hall–Kier alpha value is -1.20. The summed E-state index contributed by atoms with van der Waals surface area (Å²) < 4.78 is 6.73. The normalized spacial score (nSPS) is 10.8. The Morgan fingerprint density at radius 2 is 2.17 bits per heavy atom. The largest absolute Gasteiger partial charge is 0.421 e. The smallest absolute Gasteiger partial charge is 0.247 e. The van der Waals surface area contributed by atoms with E-state index in [1.165, 1.54) is 0 Å². The van der Waals surface area contributed by atoms with E-state index in [0.29, 0.717) is 11.8 Å². The quantitative estimate of drug-likeness (QED) is 0.863. The van der Waals surface area contributed by atoms with Crippen LogP contribution in [0.1, 0.15) is 17.9 Å². The highest BCUT2D eigenvalue weighted by molar-refractivity contribution is 9.10. The molecule has 1 heterocycles. The zero-order valence-electron chi connectivity index (χ0n) is 10.5. The number of aryl methyl sites for hydroxylation is 2. The molecular formula is C13H16BrN3O. The Balaban J connectivity index is 2.11. The predicted molar refractivity (Wildman–Crippen MR) is 74.4 cm³/mol. The SMILES string of the molecule is CNCCCc1nnc(-c2ccc(Br)c(C)c2)o1. The molecule has 0 radical (unpaired) electrons. The highest BCUT2D eigenvalue weighted by Gasteiger charge is 2.09. The molecule has 0 atom stereocenters. The van der Waals surface area contributed by atoms with E-state index < -0.39 is 0 Å². The molecule has 0 fully saturated rings. The maximum absolute atomic E-state index is 5.65. The van der Waals surface area contributed by atoms with Gasteiger partial charge in [-0.1, -0.05) is 15.9 Å². The van der Waals surface area contributed by atoms with E-state index in [1.807, 2.05) is 32.2 Å². The summed E-state index contributed by atoms with van der Waals surface area (Å²) in [6.45, 7) is 2.99. The number of halogens is 1. The van der Waals surface area contributed by atoms with Crippen molar-refractivity contribution in [1.29, 1.82) is 0 Å². The van der Waals surface area contributed by atoms with Gasteiger partial charge >= 0.3 is 0 Å². The van der Waals surface area contributed by atoms with Crippen molar-refractivity contribution >= 4 is 15.9 Å². The van der Waals surface area contributed by atoms with Crippen molar-refractivity contribution in [1.82, 2.24) is 15.5 Å². The van der Waals surface area contributed by atoms with Gasteiger partial charge in [-0.3, -0.25) is 0 Å². The first-order valence-electron chi connectivity index (χ1n) is 5.94. The molecule has 0 bridgehead atoms. The molecule has 2 aromatic rings. The Morgan fingerprint density at radius 3 is 2.89 bits per heavy atom. The highest BCUT2D eigenvalue weighted by atomic mass is 79.9. The van der Waals surface area contributed by atoms with Gasteiger partial charge < -0.3 is 9.73 Å². The molecule has 2 rings (SSSR count). The highest BCUT2D eigenvalue weighted by Crippen LogP contribution is 2.24. The lowest BCUT2D eigenvalue weighted by Crippen LogP contribution is -2.08. The Kier molecular flexibility index (Phi) is 4.49. The van der Waals surface area contributed by atoms with Gasteiger partial charge in [-0.2, -0.15) is 0 Å². The fraction of sp³-hybridized carbons (Fsp3) is 0.385. The molecule has 0 saturated heterocycles. The van der Waals surface area contributed by atoms with E-state index in [1.54, 1.807) is 0 Å². The fourth-order valence-electron chi connectivity index (χ4n) is 1.67. The molecule has 18 heavy (non-hydrogen) atoms. The molecule has 0 aliphatic heterocycles. The van der Waals surface area contributed by atoms with E-state index in [9.17, 15) is 0 Å². The Bertz CT molecular complexity index is 525. The van der Waals surface area contributed by atoms with E-state index in [-0.39, 0.29) is 0 Å². The van der Waals surface area contributed by atoms with Crippen LogP contribution in [0.4, 0.5) is 0 Å². The van der Waals surface area contributed by atoms with Gasteiger partial charge in [0.15, 0.2) is 0 Å². The monoisotopic (exact) mass is 309 g/mol. The van der Waals surface area contributed by atoms with Crippen LogP contribution in [0, 0.1) is 6.92 Å². The first-order valence-corrected chi connectivity index (χ1v) is 6.73. The summed E-state index contributed by atoms with van der Waals surface area (Å²) in [6.07, 6.45) is 1.81. The van der Waals surface area contributed by atoms with Gasteiger partial charge in [-0.25, -0.2) is 0 Å². The van der Waals surface area contributed by atoms with Crippen LogP contribution in [0.25, 0.3) is 11.5 Å². The van der Waals surface area contributed by atoms with E-state index >= 15 is 0 Å². The van der Waals surface area contributed by atoms with Crippen LogP contribution in [0.3, 0.4) is 0 Å². The third-order valence-electron chi connectivity index (χ3n) is 2.69. The summed E-state index contributed by atoms with van der Waals surface area (Å²) in [7, 11) is 1.93. The van der Waals surface area contributed by atoms with Crippen LogP contribution in [0.15, 0.2) is 27.1 Å². The second-order valence-corrected chi connectivity index (χ2v) is 5.03. The Morgan fingerprint density at radius 1 is 1.33 bits per heavy atom. The van der Waals surface area contributed by atoms with Crippen LogP contribution in [-0.2, 0) is 6.42 Å². The molecule has 0 amide bonds. The third kappa shape index (κ3) is 3.17. The summed E-state index contributed by atoms with van der Waals surface area (Å²) in [6, 6.07) is 6.01. The van der Waals surface area contributed by atoms with Crippen LogP contribution in [0.5, 0.6) is 0 Å². The van der Waals surface area contributed by atoms with Gasteiger partial charge in [-0.05, 0) is 50.7 Å². The van der Waals surface area contributed by atoms with Crippen LogP contribution >= 0.6 is 15.9 Å². The van der Waals surface area contributed by atoms with Gasteiger partial charge in [0.05, 0.1) is 0 Å². The summed E-state index contributed by atoms with van der Waals surface area (Å²) in [5.74, 6) is 1.28. The summed E-state index contributed by atoms with van der Waals surface area (Å²) in [5.41, 5.74) is 2.12. The molecule has 1 N–H and O–H groups in total. The molecule has 96 valence electrons. The van der Waals surface area contributed by atoms with Crippen molar-refractivity contribution in [3.05, 3.63) is 34.1 Å². The first kappa shape index (κ1) is 13.2. The van der Waals surface area contributed by atoms with Crippen LogP contribution < -0.4 is 5.32 Å². The van der Waals surface area contributed by atoms with E-state index in [4.69, 9.17) is 4.42 Å². The van der Waals surface area contributed by atoms with Crippen molar-refractivity contribution in [3.63, 3.8) is 0 Å². The third-order valence-corrected chi connectivity index (χ3v) is 3.58. The molecule has 0 saturated carbocycles. The van der Waals surface area contributed by atoms with Gasteiger partial charge in [0, 0.05) is 16.5 Å². The number of rotatable bonds is 5. The summed E-state index contributed by atoms with van der Waals surface area (Å²) in [5, 5.41) is 11.2. The number of nitrogens with zero attached hydrogens (tertiary/aromatic N) is 2. The van der Waals surface area contributed by atoms with Crippen molar-refractivity contribution in [2.24, 2.45) is 0 Å². The molecule has 1 aromatic heterocycles. The molecule has 4 nitrogen and oxygen atoms in total. The van der Waals surface area contributed by atoms with Crippen LogP contribution in [-0.4, -0.2) is 23.8 Å². The molecular weight excluding hydrogens is 294 g/mol. The number of benzene rings is 1. The zero-order chi connectivity index (χ0) is 13.0. The maximum Gasteiger partial charge on any atom is 0.247 e. The number of hydrogen-bond donors (Lipinski definition) is 1. The lowest BCUT2D eigenvalue weighted by atomic mass is 10.1. The van der Waals surface area contributed by atoms with Gasteiger partial charge in [0.25, 0.3) is 0 Å². The van der Waals surface area contributed by atoms with Gasteiger partial charge in [-0.15, -0.1) is 10.2 Å². The van der Waals surface area contributed by atoms with E-state index in [2.05, 4.69) is 31.4 Å². The lowest BCUT2D eigenvalue weighted by Gasteiger charge is -1.99. The summed E-state index contributed by atoms with van der Waals surface area (Å²) >= 11 is 3.48. The maximum atomic E-state index is 5.65. The second kappa shape index (κ2) is 6.11. The number of hydrogen-bond acceptors (Lipinski definition) is 4. The van der Waals surface area contributed by atoms with Crippen molar-refractivity contribution < 1.29 is 4.42 Å². The molecule has 0 unspecified atom stereocenters. The molecule has 0 spiro atoms. The zero-order valence-corrected chi connectivity index (χ0v) is 12.1. The van der Waals surface area contributed by atoms with Crippen molar-refractivity contribution in [2.45, 2.75) is 19.8 Å². The van der Waals surface area contributed by atoms with Gasteiger partial charge in [0.1, 0.15) is 0 Å². The molecule has 1 aromatic carbocycles. The minimum atomic E-state index is 0.588. The average molecular weight is 310 g/mol. The second-order valence-electron chi connectivity index (χ2n) is 4.17. The van der Waals surface area contributed by atoms with E-state index in [0.717, 1.165) is 35.0 Å². The summed E-state index contributed by atoms with van der Waals surface area (Å²) in [4.78, 5) is 0. The lowest BCUT2D eigenvalue weighted by molar-refractivity contribution is 0.495. The van der Waals surface area contributed by atoms with Crippen LogP contribution in [0.2, 0.25) is 0 Å². The molecule has 0 aliphatic carbocycles. The minimum Gasteiger partial charge on any atom is -0.421 e. The van der Waals surface area contributed by atoms with Crippen molar-refractivity contribution in [3.8, 4) is 11.5 Å². The number of nitrogens with one attached hydrogen (secondary N) is 1. The number of aromatic nitrogens is 2. The topological polar surface area (TPSA) is 51.0 Å². The fourth-order valence-corrected chi connectivity index (χ4v) is 1.91. The molecule has 0 aliphatic rings. The van der Waals surface area contributed by atoms with Crippen molar-refractivity contribution in [2.75, 3.05) is 13.6 Å². The molecule has 5 heteroatoms. The van der Waals surface area contributed by atoms with Gasteiger partial charge in [0.2, 0.25) is 11.8 Å².